The van der Waals surface area contributed by atoms with E-state index >= 15 is 0 Å². The maximum atomic E-state index is 2.58. The van der Waals surface area contributed by atoms with Crippen molar-refractivity contribution in [2.24, 2.45) is 7.05 Å². The Kier molecular flexibility index (Phi) is 5.78. The van der Waals surface area contributed by atoms with Gasteiger partial charge < -0.3 is 9.13 Å². The van der Waals surface area contributed by atoms with Crippen LogP contribution in [0.25, 0.3) is 49.3 Å². The molecule has 0 saturated heterocycles. The van der Waals surface area contributed by atoms with Crippen LogP contribution in [0.3, 0.4) is 0 Å². The minimum absolute atomic E-state index is 0.190. The summed E-state index contributed by atoms with van der Waals surface area (Å²) in [4.78, 5) is 0. The van der Waals surface area contributed by atoms with Crippen LogP contribution in [0, 0.1) is 0 Å². The molecular formula is C37H44N2Si. The maximum Gasteiger partial charge on any atom is 0.103 e. The molecule has 0 amide bonds. The van der Waals surface area contributed by atoms with Gasteiger partial charge in [-0.15, -0.1) is 0 Å². The third-order valence-corrected chi connectivity index (χ3v) is 17.6. The van der Waals surface area contributed by atoms with Crippen molar-refractivity contribution >= 4 is 56.9 Å². The monoisotopic (exact) mass is 544 g/mol. The van der Waals surface area contributed by atoms with Crippen LogP contribution < -0.4 is 5.19 Å². The first-order valence-corrected chi connectivity index (χ1v) is 16.7. The van der Waals surface area contributed by atoms with E-state index in [4.69, 9.17) is 0 Å². The van der Waals surface area contributed by atoms with Gasteiger partial charge >= 0.3 is 0 Å². The topological polar surface area (TPSA) is 9.86 Å². The Morgan fingerprint density at radius 1 is 0.475 bits per heavy atom. The average Bonchev–Trinajstić information content (AvgIpc) is 3.34. The van der Waals surface area contributed by atoms with Gasteiger partial charge in [0.05, 0.1) is 11.0 Å². The SMILES string of the molecule is Cn1c2ccc(-n3c4ccccc4c4ccccc43)cc2c2cc([Si](C(C)(C)C)(C(C)(C)C)C(C)(C)C)ccc21. The van der Waals surface area contributed by atoms with Crippen molar-refractivity contribution in [3.8, 4) is 5.69 Å². The van der Waals surface area contributed by atoms with E-state index in [1.54, 1.807) is 5.19 Å². The van der Waals surface area contributed by atoms with Gasteiger partial charge in [-0.3, -0.25) is 0 Å². The maximum absolute atomic E-state index is 2.58. The van der Waals surface area contributed by atoms with Crippen LogP contribution >= 0.6 is 0 Å². The van der Waals surface area contributed by atoms with Crippen LogP contribution in [0.1, 0.15) is 62.3 Å². The van der Waals surface area contributed by atoms with Gasteiger partial charge in [-0.2, -0.15) is 0 Å². The normalized spacial score (nSPS) is 13.8. The molecule has 0 spiro atoms. The first kappa shape index (κ1) is 26.9. The molecular weight excluding hydrogens is 501 g/mol. The Balaban J connectivity index is 1.69. The lowest BCUT2D eigenvalue weighted by atomic mass is 10.1. The van der Waals surface area contributed by atoms with Crippen LogP contribution in [0.4, 0.5) is 0 Å². The fourth-order valence-corrected chi connectivity index (χ4v) is 19.5. The molecule has 0 saturated carbocycles. The fraction of sp³-hybridized carbons (Fsp3) is 0.351. The third-order valence-electron chi connectivity index (χ3n) is 9.64. The van der Waals surface area contributed by atoms with E-state index < -0.39 is 8.07 Å². The highest BCUT2D eigenvalue weighted by atomic mass is 28.3. The summed E-state index contributed by atoms with van der Waals surface area (Å²) >= 11 is 0. The molecule has 3 heteroatoms. The summed E-state index contributed by atoms with van der Waals surface area (Å²) in [5.74, 6) is 0. The standard InChI is InChI=1S/C37H44N2Si/c1-35(2,3)40(36(4,5)6,37(7,8)9)26-20-22-32-30(24-26)29-23-25(19-21-31(29)38(32)10)39-33-17-13-11-15-27(33)28-16-12-14-18-34(28)39/h11-24H,1-10H3. The summed E-state index contributed by atoms with van der Waals surface area (Å²) in [6.07, 6.45) is 0. The highest BCUT2D eigenvalue weighted by molar-refractivity contribution is 6.98. The number of hydrogen-bond acceptors (Lipinski definition) is 0. The van der Waals surface area contributed by atoms with Crippen molar-refractivity contribution in [3.05, 3.63) is 84.9 Å². The zero-order chi connectivity index (χ0) is 28.8. The lowest BCUT2D eigenvalue weighted by Crippen LogP contribution is -2.66. The Bertz CT molecular complexity index is 1820. The van der Waals surface area contributed by atoms with Gasteiger partial charge in [-0.1, -0.05) is 116 Å². The Morgan fingerprint density at radius 3 is 1.43 bits per heavy atom. The quantitative estimate of drug-likeness (QED) is 0.192. The van der Waals surface area contributed by atoms with Crippen LogP contribution in [0.15, 0.2) is 84.9 Å². The van der Waals surface area contributed by atoms with Gasteiger partial charge in [0.1, 0.15) is 8.07 Å². The molecule has 0 aliphatic rings. The summed E-state index contributed by atoms with van der Waals surface area (Å²) in [7, 11) is 0.0893. The molecule has 0 fully saturated rings. The molecule has 6 rings (SSSR count). The molecule has 2 heterocycles. The lowest BCUT2D eigenvalue weighted by molar-refractivity contribution is 0.547. The van der Waals surface area contributed by atoms with E-state index in [9.17, 15) is 0 Å². The van der Waals surface area contributed by atoms with Crippen molar-refractivity contribution in [1.29, 1.82) is 0 Å². The molecule has 0 unspecified atom stereocenters. The molecule has 2 aromatic heterocycles. The molecule has 4 aromatic carbocycles. The van der Waals surface area contributed by atoms with Gasteiger partial charge in [0.25, 0.3) is 0 Å². The smallest absolute Gasteiger partial charge is 0.103 e. The number of hydrogen-bond donors (Lipinski definition) is 0. The predicted molar refractivity (Wildman–Crippen MR) is 179 cm³/mol. The zero-order valence-corrected chi connectivity index (χ0v) is 27.0. The second-order valence-electron chi connectivity index (χ2n) is 14.9. The molecule has 0 aliphatic carbocycles. The Morgan fingerprint density at radius 2 is 0.925 bits per heavy atom. The van der Waals surface area contributed by atoms with Crippen LogP contribution in [-0.2, 0) is 7.05 Å². The van der Waals surface area contributed by atoms with Gasteiger partial charge in [0.15, 0.2) is 0 Å². The fourth-order valence-electron chi connectivity index (χ4n) is 9.45. The van der Waals surface area contributed by atoms with Gasteiger partial charge in [-0.05, 0) is 51.5 Å². The average molecular weight is 545 g/mol. The zero-order valence-electron chi connectivity index (χ0n) is 26.0. The second-order valence-corrected chi connectivity index (χ2v) is 21.4. The summed E-state index contributed by atoms with van der Waals surface area (Å²) in [6.45, 7) is 22.4. The van der Waals surface area contributed by atoms with E-state index in [0.29, 0.717) is 0 Å². The first-order valence-electron chi connectivity index (χ1n) is 14.7. The van der Waals surface area contributed by atoms with E-state index in [2.05, 4.69) is 163 Å². The molecule has 6 aromatic rings. The molecule has 2 nitrogen and oxygen atoms in total. The molecule has 0 aliphatic heterocycles. The number of benzene rings is 4. The molecule has 206 valence electrons. The third kappa shape index (κ3) is 3.53. The van der Waals surface area contributed by atoms with E-state index in [1.165, 1.54) is 49.3 Å². The largest absolute Gasteiger partial charge is 0.344 e. The van der Waals surface area contributed by atoms with E-state index in [-0.39, 0.29) is 15.1 Å². The molecule has 0 bridgehead atoms. The lowest BCUT2D eigenvalue weighted by Gasteiger charge is -2.59. The highest BCUT2D eigenvalue weighted by Gasteiger charge is 2.60. The van der Waals surface area contributed by atoms with Crippen molar-refractivity contribution in [2.75, 3.05) is 0 Å². The molecule has 0 atom stereocenters. The summed E-state index contributed by atoms with van der Waals surface area (Å²) < 4.78 is 4.81. The Labute approximate surface area is 240 Å². The summed E-state index contributed by atoms with van der Waals surface area (Å²) in [5, 5.41) is 7.44. The Hall–Kier alpha value is -3.30. The molecule has 0 N–H and O–H groups in total. The van der Waals surface area contributed by atoms with Crippen molar-refractivity contribution in [2.45, 2.75) is 77.4 Å². The minimum atomic E-state index is -2.13. The number of fused-ring (bicyclic) bond motifs is 6. The van der Waals surface area contributed by atoms with Gasteiger partial charge in [0.2, 0.25) is 0 Å². The predicted octanol–water partition coefficient (Wildman–Crippen LogP) is 10.5. The van der Waals surface area contributed by atoms with Crippen molar-refractivity contribution in [1.82, 2.24) is 9.13 Å². The van der Waals surface area contributed by atoms with Crippen LogP contribution in [0.5, 0.6) is 0 Å². The number of para-hydroxylation sites is 2. The van der Waals surface area contributed by atoms with Crippen LogP contribution in [-0.4, -0.2) is 17.2 Å². The van der Waals surface area contributed by atoms with Gasteiger partial charge in [-0.25, -0.2) is 0 Å². The number of aromatic nitrogens is 2. The first-order chi connectivity index (χ1) is 18.7. The second kappa shape index (κ2) is 8.60. The summed E-state index contributed by atoms with van der Waals surface area (Å²) in [6, 6.07) is 32.1. The number of rotatable bonds is 2. The van der Waals surface area contributed by atoms with E-state index in [1.807, 2.05) is 0 Å². The minimum Gasteiger partial charge on any atom is -0.344 e. The summed E-state index contributed by atoms with van der Waals surface area (Å²) in [5.41, 5.74) is 6.31. The highest BCUT2D eigenvalue weighted by Crippen LogP contribution is 2.61. The number of nitrogens with zero attached hydrogens (tertiary/aromatic N) is 2. The van der Waals surface area contributed by atoms with Crippen molar-refractivity contribution in [3.63, 3.8) is 0 Å². The van der Waals surface area contributed by atoms with Gasteiger partial charge in [0, 0.05) is 45.3 Å². The molecule has 40 heavy (non-hydrogen) atoms. The van der Waals surface area contributed by atoms with Crippen molar-refractivity contribution < 1.29 is 0 Å². The molecule has 0 radical (unpaired) electrons. The number of aryl methyl sites for hydroxylation is 1. The van der Waals surface area contributed by atoms with Crippen LogP contribution in [0.2, 0.25) is 15.1 Å². The van der Waals surface area contributed by atoms with E-state index in [0.717, 1.165) is 0 Å².